The number of halogens is 1. The van der Waals surface area contributed by atoms with Crippen LogP contribution in [0.4, 0.5) is 0 Å². The maximum absolute atomic E-state index is 11.1. The van der Waals surface area contributed by atoms with Crippen LogP contribution in [-0.2, 0) is 9.84 Å². The molecule has 0 amide bonds. The lowest BCUT2D eigenvalue weighted by Crippen LogP contribution is -2.22. The van der Waals surface area contributed by atoms with Gasteiger partial charge in [-0.15, -0.1) is 11.3 Å². The molecule has 0 aromatic carbocycles. The van der Waals surface area contributed by atoms with Crippen LogP contribution in [0, 0.1) is 0 Å². The van der Waals surface area contributed by atoms with Crippen molar-refractivity contribution < 1.29 is 8.42 Å². The fourth-order valence-electron chi connectivity index (χ4n) is 1.46. The third-order valence-electron chi connectivity index (χ3n) is 2.19. The molecule has 0 aliphatic rings. The van der Waals surface area contributed by atoms with Crippen molar-refractivity contribution in [2.24, 2.45) is 0 Å². The van der Waals surface area contributed by atoms with Gasteiger partial charge in [0.05, 0.1) is 10.8 Å². The first kappa shape index (κ1) is 14.0. The number of hydrogen-bond acceptors (Lipinski definition) is 4. The summed E-state index contributed by atoms with van der Waals surface area (Å²) >= 11 is 7.60. The average Bonchev–Trinajstić information content (AvgIpc) is 2.57. The van der Waals surface area contributed by atoms with Crippen molar-refractivity contribution >= 4 is 32.8 Å². The van der Waals surface area contributed by atoms with Gasteiger partial charge in [0.2, 0.25) is 0 Å². The summed E-state index contributed by atoms with van der Waals surface area (Å²) in [6.45, 7) is 2.79. The maximum Gasteiger partial charge on any atom is 0.147 e. The Kier molecular flexibility index (Phi) is 5.24. The molecule has 1 atom stereocenters. The van der Waals surface area contributed by atoms with Crippen molar-refractivity contribution in [3.63, 3.8) is 0 Å². The van der Waals surface area contributed by atoms with E-state index in [1.165, 1.54) is 6.26 Å². The van der Waals surface area contributed by atoms with Crippen LogP contribution in [0.15, 0.2) is 11.4 Å². The minimum atomic E-state index is -2.92. The Balaban J connectivity index is 2.72. The summed E-state index contributed by atoms with van der Waals surface area (Å²) in [5, 5.41) is 5.89. The highest BCUT2D eigenvalue weighted by Gasteiger charge is 2.17. The molecule has 0 spiro atoms. The summed E-state index contributed by atoms with van der Waals surface area (Å²) in [4.78, 5) is 1.02. The molecule has 1 aromatic heterocycles. The second-order valence-corrected chi connectivity index (χ2v) is 7.28. The van der Waals surface area contributed by atoms with Gasteiger partial charge in [-0.25, -0.2) is 8.42 Å². The Morgan fingerprint density at radius 3 is 2.69 bits per heavy atom. The number of thiophene rings is 1. The van der Waals surface area contributed by atoms with Gasteiger partial charge in [0.15, 0.2) is 0 Å². The first-order valence-corrected chi connectivity index (χ1v) is 8.40. The Labute approximate surface area is 106 Å². The predicted octanol–water partition coefficient (Wildman–Crippen LogP) is 2.49. The zero-order chi connectivity index (χ0) is 12.2. The Morgan fingerprint density at radius 2 is 2.25 bits per heavy atom. The van der Waals surface area contributed by atoms with E-state index in [4.69, 9.17) is 11.6 Å². The highest BCUT2D eigenvalue weighted by atomic mass is 35.5. The van der Waals surface area contributed by atoms with E-state index < -0.39 is 9.84 Å². The second-order valence-electron chi connectivity index (χ2n) is 3.66. The van der Waals surface area contributed by atoms with Gasteiger partial charge < -0.3 is 5.32 Å². The fraction of sp³-hybridized carbons (Fsp3) is 0.600. The summed E-state index contributed by atoms with van der Waals surface area (Å²) in [6, 6.07) is 1.87. The summed E-state index contributed by atoms with van der Waals surface area (Å²) in [5.74, 6) is 0.179. The van der Waals surface area contributed by atoms with Gasteiger partial charge in [0, 0.05) is 17.2 Å². The van der Waals surface area contributed by atoms with Crippen molar-refractivity contribution in [2.75, 3.05) is 18.6 Å². The Bertz CT molecular complexity index is 428. The first-order valence-electron chi connectivity index (χ1n) is 5.08. The molecule has 6 heteroatoms. The second kappa shape index (κ2) is 6.00. The summed E-state index contributed by atoms with van der Waals surface area (Å²) in [7, 11) is -2.92. The lowest BCUT2D eigenvalue weighted by Gasteiger charge is -2.16. The molecular weight excluding hydrogens is 266 g/mol. The number of sulfone groups is 1. The van der Waals surface area contributed by atoms with Crippen LogP contribution in [-0.4, -0.2) is 27.0 Å². The maximum atomic E-state index is 11.1. The lowest BCUT2D eigenvalue weighted by atomic mass is 10.2. The zero-order valence-electron chi connectivity index (χ0n) is 9.36. The molecule has 0 saturated carbocycles. The summed E-state index contributed by atoms with van der Waals surface area (Å²) in [5.41, 5.74) is 0. The van der Waals surface area contributed by atoms with E-state index in [0.717, 1.165) is 11.4 Å². The molecule has 0 saturated heterocycles. The van der Waals surface area contributed by atoms with Crippen LogP contribution in [0.2, 0.25) is 5.02 Å². The highest BCUT2D eigenvalue weighted by Crippen LogP contribution is 2.30. The fourth-order valence-corrected chi connectivity index (χ4v) is 3.42. The SMILES string of the molecule is CCNC(CCS(C)(=O)=O)c1sccc1Cl. The molecular formula is C10H16ClNO2S2. The molecule has 0 radical (unpaired) electrons. The van der Waals surface area contributed by atoms with Crippen LogP contribution in [0.1, 0.15) is 24.3 Å². The minimum absolute atomic E-state index is 0.0345. The van der Waals surface area contributed by atoms with E-state index in [1.807, 2.05) is 18.4 Å². The van der Waals surface area contributed by atoms with Gasteiger partial charge >= 0.3 is 0 Å². The zero-order valence-corrected chi connectivity index (χ0v) is 11.8. The summed E-state index contributed by atoms with van der Waals surface area (Å²) in [6.07, 6.45) is 1.82. The van der Waals surface area contributed by atoms with Gasteiger partial charge in [0.25, 0.3) is 0 Å². The molecule has 0 bridgehead atoms. The third kappa shape index (κ3) is 4.41. The minimum Gasteiger partial charge on any atom is -0.309 e. The van der Waals surface area contributed by atoms with Gasteiger partial charge in [-0.05, 0) is 24.4 Å². The van der Waals surface area contributed by atoms with Crippen LogP contribution in [0.25, 0.3) is 0 Å². The van der Waals surface area contributed by atoms with Gasteiger partial charge in [-0.1, -0.05) is 18.5 Å². The topological polar surface area (TPSA) is 46.2 Å². The van der Waals surface area contributed by atoms with Crippen LogP contribution < -0.4 is 5.32 Å². The van der Waals surface area contributed by atoms with E-state index in [-0.39, 0.29) is 11.8 Å². The van der Waals surface area contributed by atoms with Crippen molar-refractivity contribution in [2.45, 2.75) is 19.4 Å². The molecule has 1 unspecified atom stereocenters. The highest BCUT2D eigenvalue weighted by molar-refractivity contribution is 7.90. The molecule has 92 valence electrons. The molecule has 1 N–H and O–H groups in total. The van der Waals surface area contributed by atoms with E-state index in [2.05, 4.69) is 5.32 Å². The number of hydrogen-bond donors (Lipinski definition) is 1. The monoisotopic (exact) mass is 281 g/mol. The van der Waals surface area contributed by atoms with Crippen LogP contribution >= 0.6 is 22.9 Å². The molecule has 3 nitrogen and oxygen atoms in total. The lowest BCUT2D eigenvalue weighted by molar-refractivity contribution is 0.537. The Hall–Kier alpha value is -0.100. The largest absolute Gasteiger partial charge is 0.309 e. The van der Waals surface area contributed by atoms with Gasteiger partial charge in [-0.2, -0.15) is 0 Å². The first-order chi connectivity index (χ1) is 7.44. The number of rotatable bonds is 6. The molecule has 1 heterocycles. The smallest absolute Gasteiger partial charge is 0.147 e. The van der Waals surface area contributed by atoms with Crippen molar-refractivity contribution in [1.82, 2.24) is 5.32 Å². The molecule has 16 heavy (non-hydrogen) atoms. The van der Waals surface area contributed by atoms with E-state index >= 15 is 0 Å². The predicted molar refractivity (Wildman–Crippen MR) is 70.1 cm³/mol. The van der Waals surface area contributed by atoms with E-state index in [0.29, 0.717) is 11.4 Å². The normalized spacial score (nSPS) is 13.9. The van der Waals surface area contributed by atoms with Gasteiger partial charge in [-0.3, -0.25) is 0 Å². The molecule has 0 aliphatic heterocycles. The molecule has 0 fully saturated rings. The van der Waals surface area contributed by atoms with Crippen molar-refractivity contribution in [3.8, 4) is 0 Å². The third-order valence-corrected chi connectivity index (χ3v) is 4.64. The standard InChI is InChI=1S/C10H16ClNO2S2/c1-3-12-9(5-7-16(2,13)14)10-8(11)4-6-15-10/h4,6,9,12H,3,5,7H2,1-2H3. The average molecular weight is 282 g/mol. The molecule has 0 aliphatic carbocycles. The van der Waals surface area contributed by atoms with Crippen molar-refractivity contribution in [3.05, 3.63) is 21.3 Å². The Morgan fingerprint density at radius 1 is 1.56 bits per heavy atom. The quantitative estimate of drug-likeness (QED) is 0.871. The molecule has 1 rings (SSSR count). The molecule has 1 aromatic rings. The van der Waals surface area contributed by atoms with Gasteiger partial charge in [0.1, 0.15) is 9.84 Å². The van der Waals surface area contributed by atoms with Crippen LogP contribution in [0.3, 0.4) is 0 Å². The number of nitrogens with one attached hydrogen (secondary N) is 1. The van der Waals surface area contributed by atoms with Crippen LogP contribution in [0.5, 0.6) is 0 Å². The summed E-state index contributed by atoms with van der Waals surface area (Å²) < 4.78 is 22.3. The van der Waals surface area contributed by atoms with E-state index in [1.54, 1.807) is 11.3 Å². The van der Waals surface area contributed by atoms with Crippen molar-refractivity contribution in [1.29, 1.82) is 0 Å². The van der Waals surface area contributed by atoms with E-state index in [9.17, 15) is 8.42 Å².